The average molecular weight is 676 g/mol. The summed E-state index contributed by atoms with van der Waals surface area (Å²) < 4.78 is 18.6. The number of nitrogens with zero attached hydrogens (tertiary/aromatic N) is 1. The molecule has 2 aliphatic heterocycles. The van der Waals surface area contributed by atoms with E-state index >= 15 is 0 Å². The normalized spacial score (nSPS) is 45.0. The first kappa shape index (κ1) is 42.2. The van der Waals surface area contributed by atoms with Crippen molar-refractivity contribution in [2.75, 3.05) is 33.7 Å². The van der Waals surface area contributed by atoms with Crippen LogP contribution in [0.3, 0.4) is 0 Å². The molecule has 2 aliphatic rings. The Hall–Kier alpha value is -0.930. The van der Waals surface area contributed by atoms with Crippen molar-refractivity contribution < 1.29 is 44.5 Å². The van der Waals surface area contributed by atoms with Crippen LogP contribution in [0.2, 0.25) is 0 Å². The van der Waals surface area contributed by atoms with Crippen LogP contribution < -0.4 is 10.6 Å². The Bertz CT molecular complexity index is 967. The molecule has 7 N–H and O–H groups in total. The van der Waals surface area contributed by atoms with Crippen molar-refractivity contribution in [3.63, 3.8) is 0 Å². The lowest BCUT2D eigenvalue weighted by Crippen LogP contribution is -2.64. The molecule has 12 nitrogen and oxygen atoms in total. The minimum atomic E-state index is -1.81. The Morgan fingerprint density at radius 3 is 2.26 bits per heavy atom. The molecule has 0 aromatic carbocycles. The lowest BCUT2D eigenvalue weighted by molar-refractivity contribution is -0.304. The predicted molar refractivity (Wildman–Crippen MR) is 182 cm³/mol. The summed E-state index contributed by atoms with van der Waals surface area (Å²) in [5.41, 5.74) is -5.16. The second kappa shape index (κ2) is 17.3. The molecule has 278 valence electrons. The van der Waals surface area contributed by atoms with Crippen molar-refractivity contribution in [1.82, 2.24) is 15.5 Å². The van der Waals surface area contributed by atoms with E-state index in [0.29, 0.717) is 25.4 Å². The molecule has 1 unspecified atom stereocenters. The molecule has 0 aliphatic carbocycles. The van der Waals surface area contributed by atoms with E-state index in [1.165, 1.54) is 6.92 Å². The van der Waals surface area contributed by atoms with Gasteiger partial charge in [-0.2, -0.15) is 0 Å². The van der Waals surface area contributed by atoms with Gasteiger partial charge in [0, 0.05) is 24.5 Å². The summed E-state index contributed by atoms with van der Waals surface area (Å²) >= 11 is 0. The van der Waals surface area contributed by atoms with Crippen LogP contribution in [0.4, 0.5) is 0 Å². The van der Waals surface area contributed by atoms with Gasteiger partial charge in [0.1, 0.15) is 23.9 Å². The van der Waals surface area contributed by atoms with Crippen LogP contribution in [0, 0.1) is 23.7 Å². The number of aliphatic hydroxyl groups is 5. The Kier molecular flexibility index (Phi) is 15.6. The highest BCUT2D eigenvalue weighted by atomic mass is 16.7. The van der Waals surface area contributed by atoms with Gasteiger partial charge in [-0.1, -0.05) is 34.6 Å². The smallest absolute Gasteiger partial charge is 0.312 e. The molecular weight excluding hydrogens is 606 g/mol. The van der Waals surface area contributed by atoms with Crippen molar-refractivity contribution in [3.8, 4) is 0 Å². The molecule has 47 heavy (non-hydrogen) atoms. The summed E-state index contributed by atoms with van der Waals surface area (Å²) in [5.74, 6) is -2.51. The first-order valence-corrected chi connectivity index (χ1v) is 17.7. The van der Waals surface area contributed by atoms with Crippen LogP contribution in [-0.4, -0.2) is 136 Å². The summed E-state index contributed by atoms with van der Waals surface area (Å²) in [4.78, 5) is 15.9. The number of rotatable bonds is 9. The molecule has 12 heteroatoms. The van der Waals surface area contributed by atoms with Crippen LogP contribution in [0.15, 0.2) is 0 Å². The fraction of sp³-hybridized carbons (Fsp3) is 0.971. The first-order chi connectivity index (χ1) is 21.6. The van der Waals surface area contributed by atoms with E-state index in [4.69, 9.17) is 14.2 Å². The number of likely N-dealkylation sites (N-methyl/N-ethyl adjacent to an activating group) is 1. The van der Waals surface area contributed by atoms with E-state index in [0.717, 1.165) is 6.42 Å². The molecule has 0 aromatic rings. The Labute approximate surface area is 283 Å². The van der Waals surface area contributed by atoms with Gasteiger partial charge in [-0.05, 0) is 99.3 Å². The summed E-state index contributed by atoms with van der Waals surface area (Å²) in [6.07, 6.45) is -3.92. The summed E-state index contributed by atoms with van der Waals surface area (Å²) in [6, 6.07) is -0.831. The van der Waals surface area contributed by atoms with E-state index in [2.05, 4.69) is 24.5 Å². The number of cyclic esters (lactones) is 1. The predicted octanol–water partition coefficient (Wildman–Crippen LogP) is 1.64. The Morgan fingerprint density at radius 1 is 1.09 bits per heavy atom. The largest absolute Gasteiger partial charge is 0.459 e. The van der Waals surface area contributed by atoms with E-state index in [1.54, 1.807) is 34.6 Å². The van der Waals surface area contributed by atoms with Crippen LogP contribution in [-0.2, 0) is 19.0 Å². The molecule has 2 saturated heterocycles. The Morgan fingerprint density at radius 2 is 1.70 bits per heavy atom. The van der Waals surface area contributed by atoms with E-state index in [9.17, 15) is 30.3 Å². The molecule has 2 rings (SSSR count). The van der Waals surface area contributed by atoms with Gasteiger partial charge in [-0.3, -0.25) is 4.79 Å². The van der Waals surface area contributed by atoms with Crippen molar-refractivity contribution >= 4 is 5.97 Å². The van der Waals surface area contributed by atoms with E-state index in [1.807, 2.05) is 32.8 Å². The number of carbonyl (C=O) groups is 1. The molecular formula is C35H69N3O9. The van der Waals surface area contributed by atoms with Gasteiger partial charge in [-0.25, -0.2) is 0 Å². The number of aliphatic hydroxyl groups excluding tert-OH is 2. The van der Waals surface area contributed by atoms with Gasteiger partial charge >= 0.3 is 5.97 Å². The lowest BCUT2D eigenvalue weighted by atomic mass is 9.70. The van der Waals surface area contributed by atoms with Gasteiger partial charge in [-0.15, -0.1) is 0 Å². The highest BCUT2D eigenvalue weighted by Crippen LogP contribution is 2.40. The number of nitrogens with one attached hydrogen (secondary N) is 2. The summed E-state index contributed by atoms with van der Waals surface area (Å²) in [7, 11) is 3.77. The van der Waals surface area contributed by atoms with Gasteiger partial charge < -0.3 is 55.3 Å². The van der Waals surface area contributed by atoms with Crippen LogP contribution in [0.25, 0.3) is 0 Å². The van der Waals surface area contributed by atoms with Gasteiger partial charge in [0.2, 0.25) is 0 Å². The number of hydrogen-bond acceptors (Lipinski definition) is 12. The fourth-order valence-corrected chi connectivity index (χ4v) is 7.40. The van der Waals surface area contributed by atoms with E-state index in [-0.39, 0.29) is 37.5 Å². The number of carbonyl (C=O) groups excluding carboxylic acids is 1. The molecule has 0 bridgehead atoms. The maximum atomic E-state index is 13.9. The molecule has 0 saturated carbocycles. The monoisotopic (exact) mass is 676 g/mol. The number of hydrogen-bond donors (Lipinski definition) is 7. The first-order valence-electron chi connectivity index (χ1n) is 17.7. The second-order valence-electron chi connectivity index (χ2n) is 15.9. The Balaban J connectivity index is 2.68. The van der Waals surface area contributed by atoms with Crippen molar-refractivity contribution in [1.29, 1.82) is 0 Å². The van der Waals surface area contributed by atoms with Gasteiger partial charge in [0.15, 0.2) is 6.29 Å². The zero-order chi connectivity index (χ0) is 36.1. The fourth-order valence-electron chi connectivity index (χ4n) is 7.40. The maximum Gasteiger partial charge on any atom is 0.312 e. The molecule has 0 amide bonds. The number of esters is 1. The summed E-state index contributed by atoms with van der Waals surface area (Å²) in [5, 5.41) is 65.6. The van der Waals surface area contributed by atoms with Crippen LogP contribution >= 0.6 is 0 Å². The number of ether oxygens (including phenoxy) is 3. The lowest BCUT2D eigenvalue weighted by Gasteiger charge is -2.49. The summed E-state index contributed by atoms with van der Waals surface area (Å²) in [6.45, 7) is 19.0. The second-order valence-corrected chi connectivity index (χ2v) is 15.9. The third-order valence-electron chi connectivity index (χ3n) is 10.7. The van der Waals surface area contributed by atoms with Crippen molar-refractivity contribution in [2.24, 2.45) is 23.7 Å². The minimum Gasteiger partial charge on any atom is -0.459 e. The third kappa shape index (κ3) is 10.5. The van der Waals surface area contributed by atoms with Crippen LogP contribution in [0.5, 0.6) is 0 Å². The zero-order valence-electron chi connectivity index (χ0n) is 31.2. The quantitative estimate of drug-likeness (QED) is 0.139. The molecule has 2 fully saturated rings. The molecule has 0 radical (unpaired) electrons. The zero-order valence-corrected chi connectivity index (χ0v) is 31.2. The molecule has 14 atom stereocenters. The van der Waals surface area contributed by atoms with Crippen molar-refractivity contribution in [3.05, 3.63) is 0 Å². The average Bonchev–Trinajstić information content (AvgIpc) is 2.98. The highest BCUT2D eigenvalue weighted by Gasteiger charge is 2.54. The van der Waals surface area contributed by atoms with Crippen LogP contribution in [0.1, 0.15) is 94.9 Å². The molecule has 0 spiro atoms. The third-order valence-corrected chi connectivity index (χ3v) is 10.7. The molecule has 0 aromatic heterocycles. The van der Waals surface area contributed by atoms with Crippen molar-refractivity contribution in [2.45, 2.75) is 161 Å². The highest BCUT2D eigenvalue weighted by molar-refractivity contribution is 5.74. The SMILES string of the molecule is CC[C@H]1OC(=O)C(C)[C@@](O)(CNCCC(C)C)[C@H](C)[C@@H](O[C@@H]2O[C@H](C)C[C@H](N(C)C)[C@H]2O)[C@@](C)(O)C[C@@H](C)CN[C@H](C)[C@@H](O)[C@]1(C)O. The maximum absolute atomic E-state index is 13.9. The minimum absolute atomic E-state index is 0.0121. The van der Waals surface area contributed by atoms with Gasteiger partial charge in [0.25, 0.3) is 0 Å². The topological polar surface area (TPSA) is 173 Å². The standard InChI is InChI=1S/C35H69N3O9/c1-13-27-34(10,43)29(40)25(8)37-18-21(4)17-33(9,42)30(47-32-28(39)26(38(11)12)16-22(5)45-32)23(6)35(44,24(7)31(41)46-27)19-36-15-14-20(2)3/h20-30,32,36-37,39-40,42-44H,13-19H2,1-12H3/t21-,22-,23-,24?,25-,26+,27-,28-,29-,30-,32+,33+,34-,35-/m1/s1. The molecule has 2 heterocycles. The van der Waals surface area contributed by atoms with Gasteiger partial charge in [0.05, 0.1) is 29.3 Å². The van der Waals surface area contributed by atoms with E-state index < -0.39 is 71.4 Å².